The first-order chi connectivity index (χ1) is 18.1. The van der Waals surface area contributed by atoms with Crippen LogP contribution in [0, 0.1) is 41.2 Å². The van der Waals surface area contributed by atoms with E-state index in [-0.39, 0.29) is 11.7 Å². The Labute approximate surface area is 225 Å². The summed E-state index contributed by atoms with van der Waals surface area (Å²) in [6.45, 7) is 4.45. The van der Waals surface area contributed by atoms with Crippen molar-refractivity contribution >= 4 is 0 Å². The largest absolute Gasteiger partial charge is 0.491 e. The first kappa shape index (κ1) is 28.6. The number of allylic oxidation sites excluding steroid dienone is 2. The molecule has 1 aromatic carbocycles. The van der Waals surface area contributed by atoms with Crippen molar-refractivity contribution in [3.05, 3.63) is 41.5 Å². The standard InChI is InChI=1S/C34H52F2O/c1-3-5-8-25-11-17-28(18-12-25)29-19-13-26(14-20-29)9-6-7-10-27-15-21-30(22-16-27)31-23-24-32(37-4-2)34(36)33(31)35/h6,9,23-30H,3-5,7-8,10-22H2,1-2H3/b9-6+. The lowest BCUT2D eigenvalue weighted by molar-refractivity contribution is 0.151. The molecular formula is C34H52F2O. The van der Waals surface area contributed by atoms with Gasteiger partial charge in [0.2, 0.25) is 5.82 Å². The average Bonchev–Trinajstić information content (AvgIpc) is 2.94. The van der Waals surface area contributed by atoms with Gasteiger partial charge in [-0.15, -0.1) is 0 Å². The highest BCUT2D eigenvalue weighted by molar-refractivity contribution is 5.33. The third-order valence-electron chi connectivity index (χ3n) is 10.2. The SMILES string of the molecule is CCCCC1CCC(C2CCC(/C=C/CCC3CCC(c4ccc(OCC)c(F)c4F)CC3)CC2)CC1. The number of halogens is 2. The molecule has 1 aromatic rings. The molecule has 0 spiro atoms. The van der Waals surface area contributed by atoms with Gasteiger partial charge in [0.05, 0.1) is 6.61 Å². The summed E-state index contributed by atoms with van der Waals surface area (Å²) in [7, 11) is 0. The first-order valence-electron chi connectivity index (χ1n) is 15.9. The topological polar surface area (TPSA) is 9.23 Å². The summed E-state index contributed by atoms with van der Waals surface area (Å²) in [4.78, 5) is 0. The zero-order chi connectivity index (χ0) is 26.0. The molecule has 3 saturated carbocycles. The van der Waals surface area contributed by atoms with E-state index in [9.17, 15) is 8.78 Å². The van der Waals surface area contributed by atoms with Gasteiger partial charge in [-0.25, -0.2) is 4.39 Å². The third kappa shape index (κ3) is 8.06. The molecule has 0 aromatic heterocycles. The average molecular weight is 515 g/mol. The summed E-state index contributed by atoms with van der Waals surface area (Å²) in [5.41, 5.74) is 0.541. The van der Waals surface area contributed by atoms with E-state index in [1.54, 1.807) is 19.1 Å². The molecule has 37 heavy (non-hydrogen) atoms. The van der Waals surface area contributed by atoms with E-state index < -0.39 is 11.6 Å². The highest BCUT2D eigenvalue weighted by Crippen LogP contribution is 2.43. The minimum atomic E-state index is -0.824. The highest BCUT2D eigenvalue weighted by Gasteiger charge is 2.30. The third-order valence-corrected chi connectivity index (χ3v) is 10.2. The Hall–Kier alpha value is -1.38. The minimum Gasteiger partial charge on any atom is -0.491 e. The Morgan fingerprint density at radius 1 is 0.757 bits per heavy atom. The van der Waals surface area contributed by atoms with E-state index in [4.69, 9.17) is 4.74 Å². The molecule has 1 nitrogen and oxygen atoms in total. The van der Waals surface area contributed by atoms with Crippen molar-refractivity contribution in [2.45, 2.75) is 129 Å². The zero-order valence-electron chi connectivity index (χ0n) is 23.7. The fourth-order valence-electron chi connectivity index (χ4n) is 7.76. The van der Waals surface area contributed by atoms with Crippen LogP contribution in [0.1, 0.15) is 134 Å². The van der Waals surface area contributed by atoms with Crippen LogP contribution >= 0.6 is 0 Å². The summed E-state index contributed by atoms with van der Waals surface area (Å²) >= 11 is 0. The first-order valence-corrected chi connectivity index (χ1v) is 15.9. The minimum absolute atomic E-state index is 0.0302. The lowest BCUT2D eigenvalue weighted by Gasteiger charge is -2.37. The molecule has 3 aliphatic rings. The van der Waals surface area contributed by atoms with Crippen molar-refractivity contribution in [1.29, 1.82) is 0 Å². The van der Waals surface area contributed by atoms with Crippen LogP contribution < -0.4 is 4.74 Å². The Kier molecular flexibility index (Phi) is 11.4. The number of benzene rings is 1. The normalized spacial score (nSPS) is 31.0. The van der Waals surface area contributed by atoms with Crippen molar-refractivity contribution in [1.82, 2.24) is 0 Å². The quantitative estimate of drug-likeness (QED) is 0.267. The van der Waals surface area contributed by atoms with E-state index in [0.717, 1.165) is 55.3 Å². The zero-order valence-corrected chi connectivity index (χ0v) is 23.7. The molecule has 4 rings (SSSR count). The Morgan fingerprint density at radius 3 is 2.03 bits per heavy atom. The number of hydrogen-bond acceptors (Lipinski definition) is 1. The second-order valence-corrected chi connectivity index (χ2v) is 12.5. The monoisotopic (exact) mass is 514 g/mol. The lowest BCUT2D eigenvalue weighted by atomic mass is 9.68. The molecule has 3 heteroatoms. The van der Waals surface area contributed by atoms with Gasteiger partial charge in [-0.1, -0.05) is 57.2 Å². The summed E-state index contributed by atoms with van der Waals surface area (Å²) in [6, 6.07) is 3.34. The van der Waals surface area contributed by atoms with Gasteiger partial charge in [-0.2, -0.15) is 4.39 Å². The number of rotatable bonds is 11. The van der Waals surface area contributed by atoms with Gasteiger partial charge >= 0.3 is 0 Å². The molecule has 0 radical (unpaired) electrons. The Morgan fingerprint density at radius 2 is 1.38 bits per heavy atom. The lowest BCUT2D eigenvalue weighted by Crippen LogP contribution is -2.25. The van der Waals surface area contributed by atoms with Crippen molar-refractivity contribution in [2.24, 2.45) is 29.6 Å². The summed E-state index contributed by atoms with van der Waals surface area (Å²) in [5.74, 6) is 3.21. The molecular weight excluding hydrogens is 462 g/mol. The van der Waals surface area contributed by atoms with Crippen LogP contribution in [0.25, 0.3) is 0 Å². The van der Waals surface area contributed by atoms with Crippen LogP contribution in [0.15, 0.2) is 24.3 Å². The van der Waals surface area contributed by atoms with Crippen molar-refractivity contribution in [3.8, 4) is 5.75 Å². The van der Waals surface area contributed by atoms with Gasteiger partial charge in [0, 0.05) is 0 Å². The predicted molar refractivity (Wildman–Crippen MR) is 151 cm³/mol. The molecule has 3 fully saturated rings. The molecule has 0 amide bonds. The van der Waals surface area contributed by atoms with E-state index in [2.05, 4.69) is 19.1 Å². The Balaban J connectivity index is 1.11. The predicted octanol–water partition coefficient (Wildman–Crippen LogP) is 10.8. The van der Waals surface area contributed by atoms with Crippen LogP contribution in [0.5, 0.6) is 5.75 Å². The summed E-state index contributed by atoms with van der Waals surface area (Å²) in [5, 5.41) is 0. The van der Waals surface area contributed by atoms with Crippen molar-refractivity contribution in [2.75, 3.05) is 6.61 Å². The van der Waals surface area contributed by atoms with Crippen LogP contribution in [0.4, 0.5) is 8.78 Å². The molecule has 0 bridgehead atoms. The second kappa shape index (κ2) is 14.7. The van der Waals surface area contributed by atoms with Gasteiger partial charge in [0.15, 0.2) is 11.6 Å². The molecule has 0 heterocycles. The van der Waals surface area contributed by atoms with E-state index in [0.29, 0.717) is 12.2 Å². The van der Waals surface area contributed by atoms with Gasteiger partial charge in [0.25, 0.3) is 0 Å². The van der Waals surface area contributed by atoms with Gasteiger partial charge in [0.1, 0.15) is 0 Å². The van der Waals surface area contributed by atoms with Gasteiger partial charge < -0.3 is 4.74 Å². The van der Waals surface area contributed by atoms with Crippen LogP contribution in [-0.2, 0) is 0 Å². The smallest absolute Gasteiger partial charge is 0.200 e. The van der Waals surface area contributed by atoms with E-state index in [1.165, 1.54) is 83.5 Å². The van der Waals surface area contributed by atoms with Crippen molar-refractivity contribution in [3.63, 3.8) is 0 Å². The fraction of sp³-hybridized carbons (Fsp3) is 0.765. The van der Waals surface area contributed by atoms with Crippen molar-refractivity contribution < 1.29 is 13.5 Å². The van der Waals surface area contributed by atoms with E-state index >= 15 is 0 Å². The Bertz CT molecular complexity index is 824. The van der Waals surface area contributed by atoms with Gasteiger partial charge in [-0.3, -0.25) is 0 Å². The maximum Gasteiger partial charge on any atom is 0.200 e. The molecule has 0 unspecified atom stereocenters. The highest BCUT2D eigenvalue weighted by atomic mass is 19.2. The molecule has 0 N–H and O–H groups in total. The van der Waals surface area contributed by atoms with Crippen LogP contribution in [0.2, 0.25) is 0 Å². The molecule has 0 aliphatic heterocycles. The molecule has 0 atom stereocenters. The maximum atomic E-state index is 14.6. The second-order valence-electron chi connectivity index (χ2n) is 12.5. The number of hydrogen-bond donors (Lipinski definition) is 0. The summed E-state index contributed by atoms with van der Waals surface area (Å²) < 4.78 is 34.1. The van der Waals surface area contributed by atoms with Crippen LogP contribution in [0.3, 0.4) is 0 Å². The molecule has 3 aliphatic carbocycles. The number of unbranched alkanes of at least 4 members (excludes halogenated alkanes) is 1. The number of ether oxygens (including phenoxy) is 1. The van der Waals surface area contributed by atoms with Crippen LogP contribution in [-0.4, -0.2) is 6.61 Å². The fourth-order valence-corrected chi connectivity index (χ4v) is 7.76. The maximum absolute atomic E-state index is 14.6. The van der Waals surface area contributed by atoms with Gasteiger partial charge in [-0.05, 0) is 131 Å². The molecule has 208 valence electrons. The van der Waals surface area contributed by atoms with E-state index in [1.807, 2.05) is 0 Å². The summed E-state index contributed by atoms with van der Waals surface area (Å²) in [6.07, 6.45) is 27.5. The molecule has 0 saturated heterocycles.